The minimum atomic E-state index is -0.352. The highest BCUT2D eigenvalue weighted by molar-refractivity contribution is 6.12. The lowest BCUT2D eigenvalue weighted by Gasteiger charge is -2.34. The van der Waals surface area contributed by atoms with E-state index >= 15 is 0 Å². The lowest BCUT2D eigenvalue weighted by atomic mass is 9.99. The number of para-hydroxylation sites is 1. The maximum atomic E-state index is 13.4. The van der Waals surface area contributed by atoms with Crippen molar-refractivity contribution in [2.24, 2.45) is 0 Å². The second-order valence-electron chi connectivity index (χ2n) is 8.78. The van der Waals surface area contributed by atoms with Crippen LogP contribution in [-0.2, 0) is 0 Å². The second kappa shape index (κ2) is 8.81. The van der Waals surface area contributed by atoms with Gasteiger partial charge < -0.3 is 14.6 Å². The normalized spacial score (nSPS) is 15.9. The molecular weight excluding hydrogens is 460 g/mol. The molecular formula is C26H22N6O4. The van der Waals surface area contributed by atoms with E-state index in [2.05, 4.69) is 25.7 Å². The van der Waals surface area contributed by atoms with Gasteiger partial charge in [-0.15, -0.1) is 0 Å². The molecule has 0 spiro atoms. The molecule has 0 unspecified atom stereocenters. The average Bonchev–Trinajstić information content (AvgIpc) is 3.58. The lowest BCUT2D eigenvalue weighted by molar-refractivity contribution is 0.0574. The van der Waals surface area contributed by atoms with Crippen LogP contribution in [0.1, 0.15) is 51.9 Å². The molecule has 6 rings (SSSR count). The number of hydrogen-bond donors (Lipinski definition) is 3. The van der Waals surface area contributed by atoms with Gasteiger partial charge in [0.2, 0.25) is 0 Å². The first-order chi connectivity index (χ1) is 17.6. The summed E-state index contributed by atoms with van der Waals surface area (Å²) in [4.78, 5) is 40.6. The molecule has 180 valence electrons. The van der Waals surface area contributed by atoms with Gasteiger partial charge in [-0.05, 0) is 43.5 Å². The molecule has 1 fully saturated rings. The maximum absolute atomic E-state index is 13.4. The molecule has 2 aromatic carbocycles. The highest BCUT2D eigenvalue weighted by Gasteiger charge is 2.32. The van der Waals surface area contributed by atoms with Crippen molar-refractivity contribution in [1.82, 2.24) is 25.3 Å². The molecule has 0 radical (unpaired) electrons. The zero-order chi connectivity index (χ0) is 24.6. The zero-order valence-electron chi connectivity index (χ0n) is 19.2. The number of benzene rings is 2. The Hall–Kier alpha value is -4.73. The molecule has 1 atom stereocenters. The Labute approximate surface area is 204 Å². The molecule has 1 saturated heterocycles. The molecule has 1 aliphatic rings. The highest BCUT2D eigenvalue weighted by atomic mass is 16.3. The van der Waals surface area contributed by atoms with E-state index in [9.17, 15) is 14.4 Å². The van der Waals surface area contributed by atoms with Gasteiger partial charge in [-0.25, -0.2) is 0 Å². The predicted octanol–water partition coefficient (Wildman–Crippen LogP) is 4.01. The number of fused-ring (bicyclic) bond motifs is 2. The maximum Gasteiger partial charge on any atom is 0.290 e. The Balaban J connectivity index is 1.25. The summed E-state index contributed by atoms with van der Waals surface area (Å²) >= 11 is 0. The van der Waals surface area contributed by atoms with Gasteiger partial charge in [0.15, 0.2) is 17.0 Å². The van der Waals surface area contributed by atoms with Gasteiger partial charge in [-0.1, -0.05) is 18.2 Å². The molecule has 10 heteroatoms. The summed E-state index contributed by atoms with van der Waals surface area (Å²) in [7, 11) is 0. The van der Waals surface area contributed by atoms with Crippen LogP contribution in [0.25, 0.3) is 21.9 Å². The van der Waals surface area contributed by atoms with Crippen LogP contribution < -0.4 is 10.7 Å². The summed E-state index contributed by atoms with van der Waals surface area (Å²) in [5.41, 5.74) is 2.06. The average molecular weight is 483 g/mol. The van der Waals surface area contributed by atoms with E-state index in [0.717, 1.165) is 18.4 Å². The minimum absolute atomic E-state index is 0.00634. The third kappa shape index (κ3) is 3.82. The van der Waals surface area contributed by atoms with E-state index in [1.165, 1.54) is 6.07 Å². The summed E-state index contributed by atoms with van der Waals surface area (Å²) in [6.07, 6.45) is 4.09. The number of rotatable bonds is 4. The third-order valence-corrected chi connectivity index (χ3v) is 6.54. The van der Waals surface area contributed by atoms with E-state index < -0.39 is 0 Å². The number of anilines is 1. The van der Waals surface area contributed by atoms with Crippen molar-refractivity contribution in [3.8, 4) is 0 Å². The number of hydrogen-bond acceptors (Lipinski definition) is 6. The van der Waals surface area contributed by atoms with Crippen LogP contribution in [-0.4, -0.2) is 43.7 Å². The Morgan fingerprint density at radius 3 is 2.83 bits per heavy atom. The van der Waals surface area contributed by atoms with Crippen molar-refractivity contribution in [1.29, 1.82) is 0 Å². The first-order valence-corrected chi connectivity index (χ1v) is 11.7. The number of likely N-dealkylation sites (tertiary alicyclic amines) is 1. The van der Waals surface area contributed by atoms with Crippen LogP contribution in [0.3, 0.4) is 0 Å². The third-order valence-electron chi connectivity index (χ3n) is 6.54. The number of H-pyrrole nitrogens is 2. The number of carbonyl (C=O) groups excluding carboxylic acids is 2. The largest absolute Gasteiger partial charge is 0.451 e. The molecule has 1 aliphatic heterocycles. The van der Waals surface area contributed by atoms with Crippen molar-refractivity contribution in [2.75, 3.05) is 11.9 Å². The summed E-state index contributed by atoms with van der Waals surface area (Å²) < 4.78 is 5.80. The Morgan fingerprint density at radius 2 is 1.92 bits per heavy atom. The van der Waals surface area contributed by atoms with Gasteiger partial charge in [0.1, 0.15) is 5.58 Å². The number of nitrogens with zero attached hydrogens (tertiary/aromatic N) is 3. The zero-order valence-corrected chi connectivity index (χ0v) is 19.2. The Morgan fingerprint density at radius 1 is 1.03 bits per heavy atom. The van der Waals surface area contributed by atoms with Crippen molar-refractivity contribution >= 4 is 39.5 Å². The Kier molecular flexibility index (Phi) is 5.33. The number of aromatic nitrogens is 4. The van der Waals surface area contributed by atoms with Crippen molar-refractivity contribution < 1.29 is 14.0 Å². The van der Waals surface area contributed by atoms with E-state index in [1.54, 1.807) is 53.6 Å². The van der Waals surface area contributed by atoms with Gasteiger partial charge in [0, 0.05) is 24.1 Å². The summed E-state index contributed by atoms with van der Waals surface area (Å²) in [5.74, 6) is -0.304. The van der Waals surface area contributed by atoms with Crippen molar-refractivity contribution in [2.45, 2.75) is 25.3 Å². The van der Waals surface area contributed by atoms with Crippen LogP contribution in [0, 0.1) is 0 Å². The fourth-order valence-electron chi connectivity index (χ4n) is 4.77. The molecule has 3 N–H and O–H groups in total. The molecule has 10 nitrogen and oxygen atoms in total. The van der Waals surface area contributed by atoms with Gasteiger partial charge in [-0.3, -0.25) is 24.6 Å². The number of piperidine rings is 1. The summed E-state index contributed by atoms with van der Waals surface area (Å²) in [6, 6.07) is 14.9. The molecule has 2 amide bonds. The topological polar surface area (TPSA) is 137 Å². The van der Waals surface area contributed by atoms with Crippen LogP contribution in [0.5, 0.6) is 0 Å². The van der Waals surface area contributed by atoms with Gasteiger partial charge >= 0.3 is 0 Å². The van der Waals surface area contributed by atoms with Crippen LogP contribution in [0.4, 0.5) is 5.82 Å². The van der Waals surface area contributed by atoms with Crippen molar-refractivity contribution in [3.63, 3.8) is 0 Å². The molecule has 3 aromatic heterocycles. The van der Waals surface area contributed by atoms with E-state index in [-0.39, 0.29) is 29.0 Å². The summed E-state index contributed by atoms with van der Waals surface area (Å²) in [6.45, 7) is 0.517. The first-order valence-electron chi connectivity index (χ1n) is 11.7. The van der Waals surface area contributed by atoms with Crippen molar-refractivity contribution in [3.05, 3.63) is 88.0 Å². The molecule has 5 aromatic rings. The van der Waals surface area contributed by atoms with Crippen LogP contribution in [0.2, 0.25) is 0 Å². The lowest BCUT2D eigenvalue weighted by Crippen LogP contribution is -2.39. The quantitative estimate of drug-likeness (QED) is 0.354. The van der Waals surface area contributed by atoms with E-state index in [4.69, 9.17) is 4.42 Å². The number of aromatic amines is 2. The predicted molar refractivity (Wildman–Crippen MR) is 133 cm³/mol. The SMILES string of the molecule is O=C(Nc1cc([C@@H]2CCCCN2C(=O)c2cc(=O)c3ccccc3o2)[nH]n1)c1cccc2[nH]ncc12. The Bertz CT molecular complexity index is 1670. The van der Waals surface area contributed by atoms with E-state index in [0.29, 0.717) is 46.4 Å². The monoisotopic (exact) mass is 482 g/mol. The van der Waals surface area contributed by atoms with Crippen LogP contribution in [0.15, 0.2) is 70.0 Å². The summed E-state index contributed by atoms with van der Waals surface area (Å²) in [5, 5.41) is 18.0. The molecule has 4 heterocycles. The molecule has 0 saturated carbocycles. The number of amides is 2. The fraction of sp³-hybridized carbons (Fsp3) is 0.192. The standard InChI is InChI=1S/C26H22N6O4/c33-21-13-23(36-22-10-2-1-6-16(21)22)26(35)32-11-4-3-9-20(32)19-12-24(31-30-19)28-25(34)15-7-5-8-18-17(15)14-27-29-18/h1-2,5-8,10,12-14,20H,3-4,9,11H2,(H,27,29)(H2,28,30,31,34)/t20-/m0/s1. The molecule has 0 bridgehead atoms. The number of nitrogens with one attached hydrogen (secondary N) is 3. The smallest absolute Gasteiger partial charge is 0.290 e. The number of carbonyl (C=O) groups is 2. The fourth-order valence-corrected chi connectivity index (χ4v) is 4.77. The van der Waals surface area contributed by atoms with Gasteiger partial charge in [-0.2, -0.15) is 10.2 Å². The first kappa shape index (κ1) is 21.8. The van der Waals surface area contributed by atoms with Gasteiger partial charge in [0.05, 0.1) is 34.4 Å². The minimum Gasteiger partial charge on any atom is -0.451 e. The van der Waals surface area contributed by atoms with E-state index in [1.807, 2.05) is 6.07 Å². The highest BCUT2D eigenvalue weighted by Crippen LogP contribution is 2.32. The molecule has 36 heavy (non-hydrogen) atoms. The molecule has 0 aliphatic carbocycles. The van der Waals surface area contributed by atoms with Gasteiger partial charge in [0.25, 0.3) is 11.8 Å². The second-order valence-corrected chi connectivity index (χ2v) is 8.78. The van der Waals surface area contributed by atoms with Crippen LogP contribution >= 0.6 is 0 Å².